The van der Waals surface area contributed by atoms with Crippen molar-refractivity contribution in [1.29, 1.82) is 0 Å². The highest BCUT2D eigenvalue weighted by Gasteiger charge is 2.10. The van der Waals surface area contributed by atoms with Gasteiger partial charge < -0.3 is 14.6 Å². The molecule has 0 saturated carbocycles. The first-order chi connectivity index (χ1) is 7.17. The average Bonchev–Trinajstić information content (AvgIpc) is 2.20. The van der Waals surface area contributed by atoms with Crippen molar-refractivity contribution in [1.82, 2.24) is 9.97 Å². The van der Waals surface area contributed by atoms with Crippen LogP contribution in [0.5, 0.6) is 5.88 Å². The molecular weight excluding hydrogens is 200 g/mol. The van der Waals surface area contributed by atoms with Gasteiger partial charge in [0.1, 0.15) is 6.61 Å². The number of rotatable bonds is 5. The largest absolute Gasteiger partial charge is 0.481 e. The fourth-order valence-electron chi connectivity index (χ4n) is 1.09. The number of nitrogens with zero attached hydrogens (tertiary/aromatic N) is 2. The van der Waals surface area contributed by atoms with Crippen LogP contribution >= 0.6 is 0 Å². The second-order valence-corrected chi connectivity index (χ2v) is 2.82. The number of ether oxygens (including phenoxy) is 2. The first-order valence-electron chi connectivity index (χ1n) is 4.27. The van der Waals surface area contributed by atoms with Crippen LogP contribution in [-0.2, 0) is 22.6 Å². The van der Waals surface area contributed by atoms with Crippen LogP contribution in [0.25, 0.3) is 0 Å². The zero-order valence-corrected chi connectivity index (χ0v) is 8.56. The summed E-state index contributed by atoms with van der Waals surface area (Å²) in [5.74, 6) is -0.209. The summed E-state index contributed by atoms with van der Waals surface area (Å²) in [6, 6.07) is 0. The van der Waals surface area contributed by atoms with Crippen LogP contribution in [0.3, 0.4) is 0 Å². The Morgan fingerprint density at radius 3 is 2.80 bits per heavy atom. The molecule has 0 fully saturated rings. The first kappa shape index (κ1) is 11.4. The third-order valence-electron chi connectivity index (χ3n) is 1.68. The van der Waals surface area contributed by atoms with Crippen molar-refractivity contribution in [3.63, 3.8) is 0 Å². The smallest absolute Gasteiger partial charge is 0.308 e. The van der Waals surface area contributed by atoms with E-state index in [0.717, 1.165) is 0 Å². The molecule has 6 nitrogen and oxygen atoms in total. The average molecular weight is 212 g/mol. The van der Waals surface area contributed by atoms with Gasteiger partial charge in [0, 0.05) is 18.9 Å². The topological polar surface area (TPSA) is 81.5 Å². The normalized spacial score (nSPS) is 10.0. The summed E-state index contributed by atoms with van der Waals surface area (Å²) in [4.78, 5) is 18.5. The molecule has 0 amide bonds. The Morgan fingerprint density at radius 1 is 1.53 bits per heavy atom. The van der Waals surface area contributed by atoms with E-state index in [1.54, 1.807) is 0 Å². The molecule has 0 aromatic carbocycles. The highest BCUT2D eigenvalue weighted by molar-refractivity contribution is 5.70. The lowest BCUT2D eigenvalue weighted by Gasteiger charge is -2.06. The van der Waals surface area contributed by atoms with Gasteiger partial charge >= 0.3 is 5.97 Å². The maximum absolute atomic E-state index is 10.5. The van der Waals surface area contributed by atoms with Gasteiger partial charge in [-0.25, -0.2) is 4.98 Å². The predicted octanol–water partition coefficient (Wildman–Crippen LogP) is 0.259. The van der Waals surface area contributed by atoms with Crippen molar-refractivity contribution in [3.05, 3.63) is 17.6 Å². The molecule has 1 aromatic rings. The van der Waals surface area contributed by atoms with Gasteiger partial charge in [-0.1, -0.05) is 0 Å². The maximum Gasteiger partial charge on any atom is 0.308 e. The van der Waals surface area contributed by atoms with Crippen molar-refractivity contribution in [3.8, 4) is 5.88 Å². The Labute approximate surface area is 86.9 Å². The Morgan fingerprint density at radius 2 is 2.27 bits per heavy atom. The van der Waals surface area contributed by atoms with Crippen LogP contribution < -0.4 is 4.74 Å². The van der Waals surface area contributed by atoms with E-state index in [0.29, 0.717) is 11.4 Å². The van der Waals surface area contributed by atoms with E-state index in [4.69, 9.17) is 14.6 Å². The van der Waals surface area contributed by atoms with Gasteiger partial charge in [0.15, 0.2) is 5.82 Å². The number of carboxylic acids is 1. The molecule has 0 spiro atoms. The van der Waals surface area contributed by atoms with Crippen LogP contribution in [0.1, 0.15) is 11.4 Å². The van der Waals surface area contributed by atoms with Gasteiger partial charge in [0.2, 0.25) is 5.88 Å². The van der Waals surface area contributed by atoms with Gasteiger partial charge in [-0.2, -0.15) is 4.98 Å². The first-order valence-corrected chi connectivity index (χ1v) is 4.27. The van der Waals surface area contributed by atoms with Gasteiger partial charge in [0.25, 0.3) is 0 Å². The lowest BCUT2D eigenvalue weighted by molar-refractivity contribution is -0.136. The van der Waals surface area contributed by atoms with E-state index in [-0.39, 0.29) is 18.9 Å². The molecule has 1 N–H and O–H groups in total. The summed E-state index contributed by atoms with van der Waals surface area (Å²) in [5.41, 5.74) is 0.449. The Kier molecular flexibility index (Phi) is 3.99. The zero-order valence-electron chi connectivity index (χ0n) is 8.56. The van der Waals surface area contributed by atoms with E-state index < -0.39 is 5.97 Å². The highest BCUT2D eigenvalue weighted by Crippen LogP contribution is 2.14. The fraction of sp³-hybridized carbons (Fsp3) is 0.444. The Hall–Kier alpha value is -1.69. The Balaban J connectivity index is 2.92. The summed E-state index contributed by atoms with van der Waals surface area (Å²) in [6.45, 7) is 0.268. The quantitative estimate of drug-likeness (QED) is 0.753. The van der Waals surface area contributed by atoms with E-state index in [9.17, 15) is 4.79 Å². The van der Waals surface area contributed by atoms with Gasteiger partial charge in [0.05, 0.1) is 13.5 Å². The molecule has 0 aliphatic rings. The molecule has 0 saturated heterocycles. The molecule has 0 bridgehead atoms. The fourth-order valence-corrected chi connectivity index (χ4v) is 1.09. The third kappa shape index (κ3) is 3.17. The number of hydrogen-bond acceptors (Lipinski definition) is 5. The molecule has 1 rings (SSSR count). The molecule has 82 valence electrons. The van der Waals surface area contributed by atoms with Crippen LogP contribution in [0.4, 0.5) is 0 Å². The lowest BCUT2D eigenvalue weighted by Crippen LogP contribution is -2.07. The minimum absolute atomic E-state index is 0.156. The van der Waals surface area contributed by atoms with Gasteiger partial charge in [-0.3, -0.25) is 4.79 Å². The molecule has 1 aromatic heterocycles. The van der Waals surface area contributed by atoms with Crippen molar-refractivity contribution >= 4 is 5.97 Å². The monoisotopic (exact) mass is 212 g/mol. The summed E-state index contributed by atoms with van der Waals surface area (Å²) < 4.78 is 9.81. The standard InChI is InChI=1S/C9H12N2O4/c1-14-5-7-10-4-6(3-8(12)13)9(11-7)15-2/h4H,3,5H2,1-2H3,(H,12,13). The predicted molar refractivity (Wildman–Crippen MR) is 50.6 cm³/mol. The number of carbonyl (C=O) groups is 1. The molecule has 0 aliphatic carbocycles. The Bertz CT molecular complexity index is 354. The number of methoxy groups -OCH3 is 2. The minimum atomic E-state index is -0.948. The van der Waals surface area contributed by atoms with E-state index in [1.165, 1.54) is 20.4 Å². The molecule has 1 heterocycles. The molecule has 0 radical (unpaired) electrons. The van der Waals surface area contributed by atoms with Crippen LogP contribution in [0.15, 0.2) is 6.20 Å². The number of hydrogen-bond donors (Lipinski definition) is 1. The summed E-state index contributed by atoms with van der Waals surface area (Å²) in [7, 11) is 2.96. The van der Waals surface area contributed by atoms with Gasteiger partial charge in [-0.05, 0) is 0 Å². The SMILES string of the molecule is COCc1ncc(CC(=O)O)c(OC)n1. The highest BCUT2D eigenvalue weighted by atomic mass is 16.5. The molecule has 0 aliphatic heterocycles. The van der Waals surface area contributed by atoms with E-state index in [2.05, 4.69) is 9.97 Å². The summed E-state index contributed by atoms with van der Waals surface area (Å²) >= 11 is 0. The molecule has 15 heavy (non-hydrogen) atoms. The maximum atomic E-state index is 10.5. The summed E-state index contributed by atoms with van der Waals surface area (Å²) in [5, 5.41) is 8.62. The zero-order chi connectivity index (χ0) is 11.3. The summed E-state index contributed by atoms with van der Waals surface area (Å²) in [6.07, 6.45) is 1.28. The van der Waals surface area contributed by atoms with E-state index in [1.807, 2.05) is 0 Å². The van der Waals surface area contributed by atoms with Crippen LogP contribution in [-0.4, -0.2) is 35.3 Å². The van der Waals surface area contributed by atoms with Crippen LogP contribution in [0.2, 0.25) is 0 Å². The number of aromatic nitrogens is 2. The lowest BCUT2D eigenvalue weighted by atomic mass is 10.2. The third-order valence-corrected chi connectivity index (χ3v) is 1.68. The van der Waals surface area contributed by atoms with E-state index >= 15 is 0 Å². The van der Waals surface area contributed by atoms with Crippen LogP contribution in [0, 0.1) is 0 Å². The van der Waals surface area contributed by atoms with Crippen molar-refractivity contribution in [2.24, 2.45) is 0 Å². The molecule has 0 unspecified atom stereocenters. The molecule has 6 heteroatoms. The van der Waals surface area contributed by atoms with Crippen molar-refractivity contribution in [2.75, 3.05) is 14.2 Å². The van der Waals surface area contributed by atoms with Gasteiger partial charge in [-0.15, -0.1) is 0 Å². The number of carboxylic acid groups (broad SMARTS) is 1. The van der Waals surface area contributed by atoms with Crippen molar-refractivity contribution < 1.29 is 19.4 Å². The second kappa shape index (κ2) is 5.26. The molecule has 0 atom stereocenters. The second-order valence-electron chi connectivity index (χ2n) is 2.82. The minimum Gasteiger partial charge on any atom is -0.481 e. The van der Waals surface area contributed by atoms with Crippen molar-refractivity contribution in [2.45, 2.75) is 13.0 Å². The molecular formula is C9H12N2O4. The number of aliphatic carboxylic acids is 1.